The number of nitrogens with one attached hydrogen (secondary N) is 1. The van der Waals surface area contributed by atoms with E-state index in [9.17, 15) is 14.7 Å². The Morgan fingerprint density at radius 2 is 1.84 bits per heavy atom. The lowest BCUT2D eigenvalue weighted by Crippen LogP contribution is -2.48. The summed E-state index contributed by atoms with van der Waals surface area (Å²) in [6, 6.07) is 13.8. The Bertz CT molecular complexity index is 1300. The SMILES string of the molecule is CN1CCCC1COc1nc(C(=O)Nc2cccc3ccccc23)c(N)c(N2CCN(C(=O)O)CC2)n1. The zero-order valence-electron chi connectivity index (χ0n) is 20.8. The summed E-state index contributed by atoms with van der Waals surface area (Å²) in [5.74, 6) is -0.0950. The number of rotatable bonds is 6. The predicted octanol–water partition coefficient (Wildman–Crippen LogP) is 2.74. The molecule has 2 aromatic carbocycles. The third kappa shape index (κ3) is 5.21. The van der Waals surface area contributed by atoms with Gasteiger partial charge in [-0.2, -0.15) is 9.97 Å². The molecular weight excluding hydrogens is 474 g/mol. The van der Waals surface area contributed by atoms with Crippen LogP contribution in [0, 0.1) is 0 Å². The zero-order valence-corrected chi connectivity index (χ0v) is 20.8. The molecule has 1 atom stereocenters. The number of carbonyl (C=O) groups is 2. The van der Waals surface area contributed by atoms with Gasteiger partial charge in [0.1, 0.15) is 12.3 Å². The smallest absolute Gasteiger partial charge is 0.407 e. The van der Waals surface area contributed by atoms with Crippen LogP contribution in [0.5, 0.6) is 6.01 Å². The van der Waals surface area contributed by atoms with Gasteiger partial charge in [-0.3, -0.25) is 4.79 Å². The number of anilines is 3. The highest BCUT2D eigenvalue weighted by Gasteiger charge is 2.28. The van der Waals surface area contributed by atoms with Crippen molar-refractivity contribution < 1.29 is 19.4 Å². The maximum absolute atomic E-state index is 13.5. The molecule has 37 heavy (non-hydrogen) atoms. The lowest BCUT2D eigenvalue weighted by Gasteiger charge is -2.34. The van der Waals surface area contributed by atoms with Gasteiger partial charge in [-0.1, -0.05) is 36.4 Å². The fourth-order valence-corrected chi connectivity index (χ4v) is 4.90. The van der Waals surface area contributed by atoms with Gasteiger partial charge in [0.2, 0.25) is 0 Å². The van der Waals surface area contributed by atoms with Gasteiger partial charge in [0.15, 0.2) is 11.5 Å². The van der Waals surface area contributed by atoms with Gasteiger partial charge in [-0.05, 0) is 37.9 Å². The highest BCUT2D eigenvalue weighted by atomic mass is 16.5. The third-order valence-corrected chi connectivity index (χ3v) is 7.08. The van der Waals surface area contributed by atoms with E-state index in [1.165, 1.54) is 4.90 Å². The molecule has 2 saturated heterocycles. The molecular formula is C26H31N7O4. The molecule has 0 saturated carbocycles. The standard InChI is InChI=1S/C26H31N7O4/c1-31-11-5-8-18(31)16-37-25-29-22(21(27)23(30-25)32-12-14-33(15-13-32)26(35)36)24(34)28-20-10-4-7-17-6-2-3-9-19(17)20/h2-4,6-7,9-10,18H,5,8,11-16,27H2,1H3,(H,28,34)(H,35,36). The van der Waals surface area contributed by atoms with Crippen molar-refractivity contribution in [3.8, 4) is 6.01 Å². The first kappa shape index (κ1) is 24.6. The van der Waals surface area contributed by atoms with Crippen LogP contribution in [0.2, 0.25) is 0 Å². The molecule has 11 nitrogen and oxygen atoms in total. The number of carboxylic acid groups (broad SMARTS) is 1. The molecule has 5 rings (SSSR count). The van der Waals surface area contributed by atoms with Crippen molar-refractivity contribution in [2.24, 2.45) is 0 Å². The molecule has 194 valence electrons. The number of aromatic nitrogens is 2. The molecule has 3 heterocycles. The molecule has 4 N–H and O–H groups in total. The van der Waals surface area contributed by atoms with Crippen LogP contribution >= 0.6 is 0 Å². The van der Waals surface area contributed by atoms with E-state index in [4.69, 9.17) is 10.5 Å². The minimum atomic E-state index is -0.963. The van der Waals surface area contributed by atoms with Crippen LogP contribution in [0.25, 0.3) is 10.8 Å². The predicted molar refractivity (Wildman–Crippen MR) is 141 cm³/mol. The van der Waals surface area contributed by atoms with E-state index < -0.39 is 12.0 Å². The Kier molecular flexibility index (Phi) is 6.95. The topological polar surface area (TPSA) is 137 Å². The summed E-state index contributed by atoms with van der Waals surface area (Å²) in [4.78, 5) is 39.2. The first-order valence-corrected chi connectivity index (χ1v) is 12.4. The van der Waals surface area contributed by atoms with E-state index in [1.807, 2.05) is 47.4 Å². The summed E-state index contributed by atoms with van der Waals surface area (Å²) in [6.45, 7) is 2.80. The van der Waals surface area contributed by atoms with Crippen LogP contribution in [0.1, 0.15) is 23.3 Å². The van der Waals surface area contributed by atoms with Crippen molar-refractivity contribution in [3.63, 3.8) is 0 Å². The quantitative estimate of drug-likeness (QED) is 0.462. The van der Waals surface area contributed by atoms with Crippen molar-refractivity contribution in [2.75, 3.05) is 62.3 Å². The summed E-state index contributed by atoms with van der Waals surface area (Å²) < 4.78 is 5.99. The van der Waals surface area contributed by atoms with Crippen LogP contribution in [0.4, 0.5) is 22.0 Å². The number of likely N-dealkylation sites (N-methyl/N-ethyl adjacent to an activating group) is 1. The maximum Gasteiger partial charge on any atom is 0.407 e. The number of carbonyl (C=O) groups excluding carboxylic acids is 1. The number of hydrogen-bond donors (Lipinski definition) is 3. The molecule has 2 fully saturated rings. The number of nitrogens with two attached hydrogens (primary N) is 1. The number of amides is 2. The largest absolute Gasteiger partial charge is 0.465 e. The van der Waals surface area contributed by atoms with E-state index in [-0.39, 0.29) is 23.4 Å². The molecule has 1 aromatic heterocycles. The Hall–Kier alpha value is -4.12. The minimum Gasteiger partial charge on any atom is -0.465 e. The molecule has 2 aliphatic heterocycles. The Balaban J connectivity index is 1.44. The Morgan fingerprint density at radius 1 is 1.08 bits per heavy atom. The van der Waals surface area contributed by atoms with Gasteiger partial charge in [-0.15, -0.1) is 0 Å². The second-order valence-corrected chi connectivity index (χ2v) is 9.42. The van der Waals surface area contributed by atoms with Gasteiger partial charge in [0.25, 0.3) is 5.91 Å². The van der Waals surface area contributed by atoms with E-state index in [1.54, 1.807) is 0 Å². The number of nitrogen functional groups attached to an aromatic ring is 1. The van der Waals surface area contributed by atoms with Crippen molar-refractivity contribution in [1.82, 2.24) is 19.8 Å². The fourth-order valence-electron chi connectivity index (χ4n) is 4.90. The monoisotopic (exact) mass is 505 g/mol. The summed E-state index contributed by atoms with van der Waals surface area (Å²) in [6.07, 6.45) is 1.16. The first-order valence-electron chi connectivity index (χ1n) is 12.4. The van der Waals surface area contributed by atoms with Gasteiger partial charge in [0.05, 0.1) is 0 Å². The van der Waals surface area contributed by atoms with Crippen molar-refractivity contribution in [3.05, 3.63) is 48.2 Å². The molecule has 2 aliphatic rings. The highest BCUT2D eigenvalue weighted by Crippen LogP contribution is 2.29. The van der Waals surface area contributed by atoms with Crippen LogP contribution in [-0.2, 0) is 0 Å². The summed E-state index contributed by atoms with van der Waals surface area (Å²) >= 11 is 0. The Morgan fingerprint density at radius 3 is 2.57 bits per heavy atom. The van der Waals surface area contributed by atoms with Crippen LogP contribution < -0.4 is 20.7 Å². The van der Waals surface area contributed by atoms with E-state index in [2.05, 4.69) is 27.2 Å². The molecule has 3 aromatic rings. The molecule has 0 aliphatic carbocycles. The van der Waals surface area contributed by atoms with E-state index >= 15 is 0 Å². The Labute approximate surface area is 214 Å². The first-order chi connectivity index (χ1) is 17.9. The number of hydrogen-bond acceptors (Lipinski definition) is 8. The average molecular weight is 506 g/mol. The van der Waals surface area contributed by atoms with E-state index in [0.717, 1.165) is 30.2 Å². The summed E-state index contributed by atoms with van der Waals surface area (Å²) in [5, 5.41) is 14.1. The van der Waals surface area contributed by atoms with E-state index in [0.29, 0.717) is 44.3 Å². The number of likely N-dealkylation sites (tertiary alicyclic amines) is 1. The fraction of sp³-hybridized carbons (Fsp3) is 0.385. The van der Waals surface area contributed by atoms with Gasteiger partial charge in [-0.25, -0.2) is 4.79 Å². The van der Waals surface area contributed by atoms with Crippen LogP contribution in [-0.4, -0.2) is 89.3 Å². The molecule has 2 amide bonds. The van der Waals surface area contributed by atoms with Gasteiger partial charge >= 0.3 is 12.1 Å². The minimum absolute atomic E-state index is 0.0216. The summed E-state index contributed by atoms with van der Waals surface area (Å²) in [7, 11) is 2.06. The summed E-state index contributed by atoms with van der Waals surface area (Å²) in [5.41, 5.74) is 7.26. The van der Waals surface area contributed by atoms with Crippen LogP contribution in [0.3, 0.4) is 0 Å². The van der Waals surface area contributed by atoms with Crippen molar-refractivity contribution in [1.29, 1.82) is 0 Å². The highest BCUT2D eigenvalue weighted by molar-refractivity contribution is 6.11. The molecule has 0 spiro atoms. The second kappa shape index (κ2) is 10.5. The van der Waals surface area contributed by atoms with Crippen LogP contribution in [0.15, 0.2) is 42.5 Å². The normalized spacial score (nSPS) is 18.2. The molecule has 1 unspecified atom stereocenters. The number of ether oxygens (including phenoxy) is 1. The number of fused-ring (bicyclic) bond motifs is 1. The van der Waals surface area contributed by atoms with Crippen molar-refractivity contribution >= 4 is 40.0 Å². The van der Waals surface area contributed by atoms with Gasteiger partial charge < -0.3 is 35.6 Å². The molecule has 0 radical (unpaired) electrons. The lowest BCUT2D eigenvalue weighted by atomic mass is 10.1. The van der Waals surface area contributed by atoms with Gasteiger partial charge in [0, 0.05) is 43.3 Å². The number of piperazine rings is 1. The van der Waals surface area contributed by atoms with Crippen molar-refractivity contribution in [2.45, 2.75) is 18.9 Å². The molecule has 0 bridgehead atoms. The average Bonchev–Trinajstić information content (AvgIpc) is 3.32. The molecule has 11 heteroatoms. The number of benzene rings is 2. The zero-order chi connectivity index (χ0) is 25.9. The maximum atomic E-state index is 13.5. The second-order valence-electron chi connectivity index (χ2n) is 9.42. The number of nitrogens with zero attached hydrogens (tertiary/aromatic N) is 5. The lowest BCUT2D eigenvalue weighted by molar-refractivity contribution is 0.102. The third-order valence-electron chi connectivity index (χ3n) is 7.08.